The number of pyridine rings is 1. The number of hydrogen-bond acceptors (Lipinski definition) is 5. The fourth-order valence-corrected chi connectivity index (χ4v) is 3.69. The zero-order valence-electron chi connectivity index (χ0n) is 15.2. The van der Waals surface area contributed by atoms with Gasteiger partial charge in [-0.05, 0) is 37.3 Å². The summed E-state index contributed by atoms with van der Waals surface area (Å²) in [4.78, 5) is 41.9. The average molecular weight is 358 g/mol. The maximum atomic E-state index is 12.5. The molecule has 7 nitrogen and oxygen atoms in total. The minimum Gasteiger partial charge on any atom is -0.371 e. The van der Waals surface area contributed by atoms with Crippen molar-refractivity contribution in [2.45, 2.75) is 51.5 Å². The van der Waals surface area contributed by atoms with Crippen LogP contribution in [0.15, 0.2) is 18.3 Å². The molecule has 3 amide bonds. The Balaban J connectivity index is 1.61. The van der Waals surface area contributed by atoms with Crippen molar-refractivity contribution in [3.05, 3.63) is 24.0 Å². The van der Waals surface area contributed by atoms with E-state index < -0.39 is 11.9 Å². The lowest BCUT2D eigenvalue weighted by Gasteiger charge is -2.33. The van der Waals surface area contributed by atoms with Crippen LogP contribution in [-0.4, -0.2) is 41.8 Å². The molecule has 3 rings (SSSR count). The summed E-state index contributed by atoms with van der Waals surface area (Å²) in [6, 6.07) is 3.01. The van der Waals surface area contributed by atoms with Gasteiger partial charge in [0.25, 0.3) is 5.91 Å². The Bertz CT molecular complexity index is 683. The molecular formula is C19H26N4O3. The van der Waals surface area contributed by atoms with Gasteiger partial charge in [-0.15, -0.1) is 0 Å². The van der Waals surface area contributed by atoms with E-state index in [1.807, 2.05) is 6.07 Å². The van der Waals surface area contributed by atoms with E-state index in [1.165, 1.54) is 25.7 Å². The Morgan fingerprint density at radius 3 is 2.77 bits per heavy atom. The molecule has 1 unspecified atom stereocenters. The molecule has 2 aliphatic heterocycles. The van der Waals surface area contributed by atoms with Crippen LogP contribution in [0.5, 0.6) is 0 Å². The third kappa shape index (κ3) is 4.39. The van der Waals surface area contributed by atoms with Crippen LogP contribution in [0.2, 0.25) is 0 Å². The van der Waals surface area contributed by atoms with Gasteiger partial charge in [-0.25, -0.2) is 0 Å². The summed E-state index contributed by atoms with van der Waals surface area (Å²) in [7, 11) is 0. The minimum absolute atomic E-state index is 0.233. The van der Waals surface area contributed by atoms with Crippen LogP contribution < -0.4 is 15.5 Å². The predicted molar refractivity (Wildman–Crippen MR) is 97.7 cm³/mol. The number of nitrogens with one attached hydrogen (secondary N) is 2. The van der Waals surface area contributed by atoms with E-state index in [0.717, 1.165) is 24.7 Å². The SMILES string of the molecule is CCCC1CCN(c2ccnc(C(=O)NC3CCC(=O)NC3=O)c2)CC1. The fourth-order valence-electron chi connectivity index (χ4n) is 3.69. The van der Waals surface area contributed by atoms with Gasteiger partial charge in [-0.1, -0.05) is 19.8 Å². The maximum Gasteiger partial charge on any atom is 0.270 e. The molecule has 26 heavy (non-hydrogen) atoms. The summed E-state index contributed by atoms with van der Waals surface area (Å²) in [6.07, 6.45) is 7.04. The first-order valence-corrected chi connectivity index (χ1v) is 9.42. The van der Waals surface area contributed by atoms with Crippen molar-refractivity contribution in [1.82, 2.24) is 15.6 Å². The van der Waals surface area contributed by atoms with Crippen LogP contribution in [0.25, 0.3) is 0 Å². The molecule has 7 heteroatoms. The number of piperidine rings is 2. The molecule has 0 spiro atoms. The second-order valence-electron chi connectivity index (χ2n) is 7.10. The summed E-state index contributed by atoms with van der Waals surface area (Å²) in [5.41, 5.74) is 1.28. The topological polar surface area (TPSA) is 91.4 Å². The molecule has 0 aromatic carbocycles. The summed E-state index contributed by atoms with van der Waals surface area (Å²) in [6.45, 7) is 4.20. The molecule has 0 radical (unpaired) electrons. The summed E-state index contributed by atoms with van der Waals surface area (Å²) >= 11 is 0. The van der Waals surface area contributed by atoms with Gasteiger partial charge < -0.3 is 10.2 Å². The molecule has 2 saturated heterocycles. The van der Waals surface area contributed by atoms with Gasteiger partial charge in [0.1, 0.15) is 11.7 Å². The number of carbonyl (C=O) groups excluding carboxylic acids is 3. The third-order valence-corrected chi connectivity index (χ3v) is 5.20. The first kappa shape index (κ1) is 18.4. The Kier molecular flexibility index (Phi) is 5.85. The van der Waals surface area contributed by atoms with Gasteiger partial charge in [0.05, 0.1) is 0 Å². The van der Waals surface area contributed by atoms with E-state index in [-0.39, 0.29) is 18.2 Å². The highest BCUT2D eigenvalue weighted by Gasteiger charge is 2.28. The second-order valence-corrected chi connectivity index (χ2v) is 7.10. The molecule has 0 aliphatic carbocycles. The highest BCUT2D eigenvalue weighted by Crippen LogP contribution is 2.26. The minimum atomic E-state index is -0.685. The number of rotatable bonds is 5. The smallest absolute Gasteiger partial charge is 0.270 e. The Morgan fingerprint density at radius 2 is 2.08 bits per heavy atom. The molecule has 0 bridgehead atoms. The number of hydrogen-bond donors (Lipinski definition) is 2. The number of anilines is 1. The first-order valence-electron chi connectivity index (χ1n) is 9.42. The Hall–Kier alpha value is -2.44. The second kappa shape index (κ2) is 8.29. The van der Waals surface area contributed by atoms with Crippen LogP contribution in [0.3, 0.4) is 0 Å². The van der Waals surface area contributed by atoms with Crippen molar-refractivity contribution >= 4 is 23.4 Å². The van der Waals surface area contributed by atoms with Gasteiger partial charge in [0, 0.05) is 31.4 Å². The molecule has 2 fully saturated rings. The largest absolute Gasteiger partial charge is 0.371 e. The molecule has 1 atom stereocenters. The number of imide groups is 1. The zero-order chi connectivity index (χ0) is 18.5. The summed E-state index contributed by atoms with van der Waals surface area (Å²) < 4.78 is 0. The Morgan fingerprint density at radius 1 is 1.31 bits per heavy atom. The lowest BCUT2D eigenvalue weighted by atomic mass is 9.92. The molecule has 140 valence electrons. The number of aromatic nitrogens is 1. The lowest BCUT2D eigenvalue weighted by molar-refractivity contribution is -0.134. The van der Waals surface area contributed by atoms with E-state index >= 15 is 0 Å². The highest BCUT2D eigenvalue weighted by molar-refractivity contribution is 6.03. The average Bonchev–Trinajstić information content (AvgIpc) is 2.65. The summed E-state index contributed by atoms with van der Waals surface area (Å²) in [5.74, 6) is -0.341. The van der Waals surface area contributed by atoms with Crippen molar-refractivity contribution < 1.29 is 14.4 Å². The van der Waals surface area contributed by atoms with Crippen molar-refractivity contribution in [3.8, 4) is 0 Å². The quantitative estimate of drug-likeness (QED) is 0.781. The normalized spacial score (nSPS) is 21.4. The molecule has 2 N–H and O–H groups in total. The number of carbonyl (C=O) groups is 3. The highest BCUT2D eigenvalue weighted by atomic mass is 16.2. The van der Waals surface area contributed by atoms with Gasteiger partial charge >= 0.3 is 0 Å². The van der Waals surface area contributed by atoms with Crippen LogP contribution >= 0.6 is 0 Å². The molecule has 3 heterocycles. The van der Waals surface area contributed by atoms with Crippen molar-refractivity contribution in [2.75, 3.05) is 18.0 Å². The van der Waals surface area contributed by atoms with Crippen molar-refractivity contribution in [2.24, 2.45) is 5.92 Å². The van der Waals surface area contributed by atoms with Gasteiger partial charge in [-0.2, -0.15) is 0 Å². The van der Waals surface area contributed by atoms with Crippen LogP contribution in [0.1, 0.15) is 55.9 Å². The maximum absolute atomic E-state index is 12.5. The van der Waals surface area contributed by atoms with E-state index in [9.17, 15) is 14.4 Å². The molecule has 1 aromatic rings. The molecule has 0 saturated carbocycles. The van der Waals surface area contributed by atoms with Crippen LogP contribution in [-0.2, 0) is 9.59 Å². The molecule has 2 aliphatic rings. The van der Waals surface area contributed by atoms with Gasteiger partial charge in [0.2, 0.25) is 11.8 Å². The van der Waals surface area contributed by atoms with Gasteiger partial charge in [0.15, 0.2) is 0 Å². The van der Waals surface area contributed by atoms with Gasteiger partial charge in [-0.3, -0.25) is 24.7 Å². The molecular weight excluding hydrogens is 332 g/mol. The number of amides is 3. The van der Waals surface area contributed by atoms with Crippen molar-refractivity contribution in [1.29, 1.82) is 0 Å². The van der Waals surface area contributed by atoms with E-state index in [0.29, 0.717) is 12.1 Å². The van der Waals surface area contributed by atoms with Crippen LogP contribution in [0, 0.1) is 5.92 Å². The number of nitrogens with zero attached hydrogens (tertiary/aromatic N) is 2. The lowest BCUT2D eigenvalue weighted by Crippen LogP contribution is -2.52. The third-order valence-electron chi connectivity index (χ3n) is 5.20. The molecule has 1 aromatic heterocycles. The van der Waals surface area contributed by atoms with Crippen molar-refractivity contribution in [3.63, 3.8) is 0 Å². The van der Waals surface area contributed by atoms with E-state index in [2.05, 4.69) is 27.4 Å². The zero-order valence-corrected chi connectivity index (χ0v) is 15.2. The van der Waals surface area contributed by atoms with E-state index in [4.69, 9.17) is 0 Å². The standard InChI is InChI=1S/C19H26N4O3/c1-2-3-13-7-10-23(11-8-13)14-6-9-20-16(12-14)19(26)21-15-4-5-17(24)22-18(15)25/h6,9,12-13,15H,2-5,7-8,10-11H2,1H3,(H,21,26)(H,22,24,25). The fraction of sp³-hybridized carbons (Fsp3) is 0.579. The Labute approximate surface area is 153 Å². The summed E-state index contributed by atoms with van der Waals surface area (Å²) in [5, 5.41) is 4.92. The van der Waals surface area contributed by atoms with Crippen LogP contribution in [0.4, 0.5) is 5.69 Å². The predicted octanol–water partition coefficient (Wildman–Crippen LogP) is 1.63. The first-order chi connectivity index (χ1) is 12.6. The van der Waals surface area contributed by atoms with E-state index in [1.54, 1.807) is 12.3 Å². The monoisotopic (exact) mass is 358 g/mol.